The van der Waals surface area contributed by atoms with E-state index in [0.717, 1.165) is 24.6 Å². The van der Waals surface area contributed by atoms with Gasteiger partial charge in [0.05, 0.1) is 5.71 Å². The zero-order valence-electron chi connectivity index (χ0n) is 6.09. The van der Waals surface area contributed by atoms with Gasteiger partial charge in [-0.25, -0.2) is 4.99 Å². The molecule has 0 atom stereocenters. The molecule has 0 fully saturated rings. The van der Waals surface area contributed by atoms with Gasteiger partial charge in [-0.2, -0.15) is 0 Å². The van der Waals surface area contributed by atoms with Crippen molar-refractivity contribution in [3.63, 3.8) is 0 Å². The quantitative estimate of drug-likeness (QED) is 0.523. The molecule has 0 N–H and O–H groups in total. The van der Waals surface area contributed by atoms with Gasteiger partial charge in [0.25, 0.3) is 0 Å². The summed E-state index contributed by atoms with van der Waals surface area (Å²) in [4.78, 5) is 18.3. The van der Waals surface area contributed by atoms with E-state index in [1.807, 2.05) is 6.92 Å². The maximum atomic E-state index is 10.3. The zero-order valence-corrected chi connectivity index (χ0v) is 6.09. The molecule has 3 heteroatoms. The smallest absolute Gasteiger partial charge is 0.195 e. The molecule has 0 spiro atoms. The Kier molecular flexibility index (Phi) is 1.94. The van der Waals surface area contributed by atoms with Gasteiger partial charge in [-0.3, -0.25) is 9.79 Å². The molecular weight excluding hydrogens is 128 g/mol. The average molecular weight is 137 g/mol. The number of hydrogen-bond donors (Lipinski definition) is 0. The summed E-state index contributed by atoms with van der Waals surface area (Å²) >= 11 is 0. The number of aliphatic imine (C=N–C) groups is 2. The molecule has 0 saturated carbocycles. The van der Waals surface area contributed by atoms with Gasteiger partial charge in [0.15, 0.2) is 12.5 Å². The second-order valence-electron chi connectivity index (χ2n) is 2.08. The van der Waals surface area contributed by atoms with Crippen LogP contribution in [-0.2, 0) is 4.79 Å². The van der Waals surface area contributed by atoms with E-state index in [4.69, 9.17) is 0 Å². The van der Waals surface area contributed by atoms with Gasteiger partial charge in [0, 0.05) is 0 Å². The first-order valence-electron chi connectivity index (χ1n) is 3.23. The summed E-state index contributed by atoms with van der Waals surface area (Å²) in [5, 5.41) is 0. The van der Waals surface area contributed by atoms with Crippen molar-refractivity contribution in [2.24, 2.45) is 9.98 Å². The van der Waals surface area contributed by atoms with E-state index in [2.05, 4.69) is 9.98 Å². The van der Waals surface area contributed by atoms with Crippen molar-refractivity contribution in [1.29, 1.82) is 0 Å². The lowest BCUT2D eigenvalue weighted by atomic mass is 10.3. The van der Waals surface area contributed by atoms with Crippen molar-refractivity contribution >= 4 is 17.7 Å². The van der Waals surface area contributed by atoms with Crippen LogP contribution < -0.4 is 0 Å². The summed E-state index contributed by atoms with van der Waals surface area (Å²) in [6, 6.07) is 0. The first kappa shape index (κ1) is 7.12. The highest BCUT2D eigenvalue weighted by Gasteiger charge is 2.15. The molecule has 1 heterocycles. The molecule has 3 nitrogen and oxygen atoms in total. The molecule has 0 saturated heterocycles. The minimum Gasteiger partial charge on any atom is -0.296 e. The molecule has 0 bridgehead atoms. The van der Waals surface area contributed by atoms with Crippen LogP contribution in [0.25, 0.3) is 0 Å². The normalized spacial score (nSPS) is 18.6. The summed E-state index contributed by atoms with van der Waals surface area (Å²) in [6.07, 6.45) is 2.27. The van der Waals surface area contributed by atoms with Gasteiger partial charge >= 0.3 is 0 Å². The maximum absolute atomic E-state index is 10.3. The fourth-order valence-electron chi connectivity index (χ4n) is 0.766. The SMILES string of the molecule is CC[C]1N=C(C)C(C=O)=N1. The van der Waals surface area contributed by atoms with E-state index in [-0.39, 0.29) is 0 Å². The van der Waals surface area contributed by atoms with Crippen molar-refractivity contribution < 1.29 is 4.79 Å². The summed E-state index contributed by atoms with van der Waals surface area (Å²) in [6.45, 7) is 3.75. The van der Waals surface area contributed by atoms with Gasteiger partial charge in [-0.1, -0.05) is 6.92 Å². The van der Waals surface area contributed by atoms with Crippen molar-refractivity contribution in [2.75, 3.05) is 0 Å². The van der Waals surface area contributed by atoms with Crippen molar-refractivity contribution in [3.05, 3.63) is 6.17 Å². The summed E-state index contributed by atoms with van der Waals surface area (Å²) in [7, 11) is 0. The highest BCUT2D eigenvalue weighted by molar-refractivity contribution is 6.62. The van der Waals surface area contributed by atoms with Crippen LogP contribution in [0.4, 0.5) is 0 Å². The molecule has 1 radical (unpaired) electrons. The van der Waals surface area contributed by atoms with E-state index >= 15 is 0 Å². The van der Waals surface area contributed by atoms with Crippen LogP contribution in [0.15, 0.2) is 9.98 Å². The summed E-state index contributed by atoms with van der Waals surface area (Å²) in [5.74, 6) is 0. The second kappa shape index (κ2) is 2.73. The molecule has 1 aliphatic rings. The lowest BCUT2D eigenvalue weighted by molar-refractivity contribution is -0.102. The molecule has 0 aromatic carbocycles. The standard InChI is InChI=1S/C7H9N2O/c1-3-7-8-5(2)6(4-10)9-7/h4H,3H2,1-2H3. The third kappa shape index (κ3) is 1.12. The van der Waals surface area contributed by atoms with Crippen LogP contribution in [0.2, 0.25) is 0 Å². The largest absolute Gasteiger partial charge is 0.296 e. The van der Waals surface area contributed by atoms with Crippen LogP contribution in [0.5, 0.6) is 0 Å². The molecular formula is C7H9N2O. The average Bonchev–Trinajstić information content (AvgIpc) is 2.30. The first-order valence-corrected chi connectivity index (χ1v) is 3.23. The highest BCUT2D eigenvalue weighted by Crippen LogP contribution is 2.15. The van der Waals surface area contributed by atoms with E-state index < -0.39 is 0 Å². The monoisotopic (exact) mass is 137 g/mol. The third-order valence-corrected chi connectivity index (χ3v) is 1.34. The molecule has 0 unspecified atom stereocenters. The van der Waals surface area contributed by atoms with Crippen LogP contribution in [0.1, 0.15) is 20.3 Å². The zero-order chi connectivity index (χ0) is 7.56. The summed E-state index contributed by atoms with van der Waals surface area (Å²) < 4.78 is 0. The van der Waals surface area contributed by atoms with Crippen LogP contribution in [0.3, 0.4) is 0 Å². The summed E-state index contributed by atoms with van der Waals surface area (Å²) in [5.41, 5.74) is 1.20. The predicted octanol–water partition coefficient (Wildman–Crippen LogP) is 1.00. The van der Waals surface area contributed by atoms with Crippen LogP contribution >= 0.6 is 0 Å². The van der Waals surface area contributed by atoms with Crippen LogP contribution in [0, 0.1) is 6.17 Å². The van der Waals surface area contributed by atoms with Gasteiger partial charge in [-0.15, -0.1) is 0 Å². The molecule has 0 aromatic rings. The van der Waals surface area contributed by atoms with Crippen LogP contribution in [-0.4, -0.2) is 17.7 Å². The Morgan fingerprint density at radius 2 is 2.20 bits per heavy atom. The lowest BCUT2D eigenvalue weighted by Gasteiger charge is -1.91. The Morgan fingerprint density at radius 3 is 2.50 bits per heavy atom. The van der Waals surface area contributed by atoms with Crippen molar-refractivity contribution in [2.45, 2.75) is 20.3 Å². The predicted molar refractivity (Wildman–Crippen MR) is 40.1 cm³/mol. The van der Waals surface area contributed by atoms with E-state index in [1.165, 1.54) is 0 Å². The molecule has 10 heavy (non-hydrogen) atoms. The minimum atomic E-state index is 0.469. The maximum Gasteiger partial charge on any atom is 0.195 e. The number of carbonyl (C=O) groups excluding carboxylic acids is 1. The Balaban J connectivity index is 2.78. The Labute approximate surface area is 59.9 Å². The highest BCUT2D eigenvalue weighted by atomic mass is 16.1. The second-order valence-corrected chi connectivity index (χ2v) is 2.08. The Bertz CT molecular complexity index is 206. The topological polar surface area (TPSA) is 41.8 Å². The molecule has 1 aliphatic heterocycles. The number of rotatable bonds is 2. The van der Waals surface area contributed by atoms with Crippen molar-refractivity contribution in [1.82, 2.24) is 0 Å². The van der Waals surface area contributed by atoms with Gasteiger partial charge in [0.2, 0.25) is 0 Å². The van der Waals surface area contributed by atoms with Gasteiger partial charge in [-0.05, 0) is 13.3 Å². The fourth-order valence-corrected chi connectivity index (χ4v) is 0.766. The Morgan fingerprint density at radius 1 is 1.50 bits per heavy atom. The molecule has 0 aliphatic carbocycles. The molecule has 53 valence electrons. The number of carbonyl (C=O) groups is 1. The van der Waals surface area contributed by atoms with Gasteiger partial charge in [0.1, 0.15) is 5.71 Å². The number of aldehydes is 1. The molecule has 0 aromatic heterocycles. The van der Waals surface area contributed by atoms with E-state index in [1.54, 1.807) is 6.92 Å². The minimum absolute atomic E-state index is 0.469. The third-order valence-electron chi connectivity index (χ3n) is 1.34. The van der Waals surface area contributed by atoms with Gasteiger partial charge < -0.3 is 0 Å². The Hall–Kier alpha value is -0.990. The first-order chi connectivity index (χ1) is 4.77. The van der Waals surface area contributed by atoms with E-state index in [9.17, 15) is 4.79 Å². The molecule has 1 rings (SSSR count). The van der Waals surface area contributed by atoms with E-state index in [0.29, 0.717) is 5.71 Å². The fraction of sp³-hybridized carbons (Fsp3) is 0.429. The number of nitrogens with zero attached hydrogens (tertiary/aromatic N) is 2. The number of hydrogen-bond acceptors (Lipinski definition) is 3. The van der Waals surface area contributed by atoms with Crippen molar-refractivity contribution in [3.8, 4) is 0 Å². The molecule has 0 amide bonds. The lowest BCUT2D eigenvalue weighted by Crippen LogP contribution is -2.06.